The van der Waals surface area contributed by atoms with E-state index in [0.717, 1.165) is 19.3 Å². The number of ether oxygens (including phenoxy) is 1. The molecule has 1 aliphatic rings. The van der Waals surface area contributed by atoms with Crippen LogP contribution in [0.2, 0.25) is 0 Å². The van der Waals surface area contributed by atoms with Crippen LogP contribution in [0.15, 0.2) is 5.16 Å². The zero-order chi connectivity index (χ0) is 14.5. The van der Waals surface area contributed by atoms with Gasteiger partial charge in [0, 0.05) is 20.3 Å². The first-order valence-corrected chi connectivity index (χ1v) is 6.69. The minimum atomic E-state index is -0.952. The van der Waals surface area contributed by atoms with Crippen molar-refractivity contribution in [3.05, 3.63) is 0 Å². The lowest BCUT2D eigenvalue weighted by molar-refractivity contribution is -0.127. The number of rotatable bonds is 8. The van der Waals surface area contributed by atoms with Crippen LogP contribution in [-0.4, -0.2) is 37.2 Å². The van der Waals surface area contributed by atoms with Crippen molar-refractivity contribution in [2.24, 2.45) is 21.7 Å². The van der Waals surface area contributed by atoms with Crippen molar-refractivity contribution >= 4 is 11.7 Å². The van der Waals surface area contributed by atoms with Gasteiger partial charge in [0.05, 0.1) is 0 Å². The Hall–Kier alpha value is -1.30. The Balaban J connectivity index is 2.55. The van der Waals surface area contributed by atoms with Gasteiger partial charge in [-0.1, -0.05) is 12.1 Å². The van der Waals surface area contributed by atoms with Crippen molar-refractivity contribution in [1.29, 1.82) is 0 Å². The normalized spacial score (nSPS) is 20.7. The molecular weight excluding hydrogens is 246 g/mol. The van der Waals surface area contributed by atoms with Gasteiger partial charge in [0.2, 0.25) is 5.91 Å². The van der Waals surface area contributed by atoms with Crippen molar-refractivity contribution in [1.82, 2.24) is 5.32 Å². The van der Waals surface area contributed by atoms with Crippen LogP contribution < -0.4 is 11.1 Å². The van der Waals surface area contributed by atoms with Gasteiger partial charge < -0.3 is 21.0 Å². The molecule has 0 heterocycles. The number of amidine groups is 1. The van der Waals surface area contributed by atoms with E-state index in [4.69, 9.17) is 15.7 Å². The number of hydrogen-bond acceptors (Lipinski definition) is 4. The summed E-state index contributed by atoms with van der Waals surface area (Å²) < 4.78 is 5.08. The number of oxime groups is 1. The third-order valence-electron chi connectivity index (χ3n) is 4.30. The van der Waals surface area contributed by atoms with Gasteiger partial charge >= 0.3 is 0 Å². The fraction of sp³-hybridized carbons (Fsp3) is 0.846. The standard InChI is InChI=1S/C13H25N3O3/c1-4-12(2,10(14)16-18)11(17)15-9-13(5-6-13)7-8-19-3/h18H,4-9H2,1-3H3,(H2,14,16)(H,15,17). The molecule has 1 amide bonds. The number of nitrogens with two attached hydrogens (primary N) is 1. The first-order chi connectivity index (χ1) is 8.94. The van der Waals surface area contributed by atoms with Gasteiger partial charge in [0.25, 0.3) is 0 Å². The molecule has 0 bridgehead atoms. The Morgan fingerprint density at radius 2 is 2.21 bits per heavy atom. The number of carbonyl (C=O) groups excluding carboxylic acids is 1. The van der Waals surface area contributed by atoms with E-state index in [0.29, 0.717) is 19.6 Å². The molecule has 110 valence electrons. The summed E-state index contributed by atoms with van der Waals surface area (Å²) in [5, 5.41) is 14.7. The predicted octanol–water partition coefficient (Wildman–Crippen LogP) is 1.08. The zero-order valence-electron chi connectivity index (χ0n) is 12.0. The molecule has 0 aromatic carbocycles. The average Bonchev–Trinajstić information content (AvgIpc) is 3.21. The van der Waals surface area contributed by atoms with Gasteiger partial charge in [-0.2, -0.15) is 0 Å². The molecule has 0 radical (unpaired) electrons. The van der Waals surface area contributed by atoms with Crippen molar-refractivity contribution in [2.45, 2.75) is 39.5 Å². The Morgan fingerprint density at radius 3 is 2.63 bits per heavy atom. The van der Waals surface area contributed by atoms with Crippen molar-refractivity contribution < 1.29 is 14.7 Å². The average molecular weight is 271 g/mol. The summed E-state index contributed by atoms with van der Waals surface area (Å²) in [6.45, 7) is 4.87. The highest BCUT2D eigenvalue weighted by Crippen LogP contribution is 2.48. The monoisotopic (exact) mass is 271 g/mol. The second-order valence-corrected chi connectivity index (χ2v) is 5.60. The smallest absolute Gasteiger partial charge is 0.233 e. The number of amides is 1. The van der Waals surface area contributed by atoms with Gasteiger partial charge in [0.1, 0.15) is 5.41 Å². The highest BCUT2D eigenvalue weighted by molar-refractivity contribution is 6.06. The van der Waals surface area contributed by atoms with E-state index in [-0.39, 0.29) is 17.2 Å². The summed E-state index contributed by atoms with van der Waals surface area (Å²) in [4.78, 5) is 12.2. The maximum atomic E-state index is 12.2. The second-order valence-electron chi connectivity index (χ2n) is 5.60. The van der Waals surface area contributed by atoms with Gasteiger partial charge in [-0.25, -0.2) is 0 Å². The highest BCUT2D eigenvalue weighted by Gasteiger charge is 2.44. The van der Waals surface area contributed by atoms with Gasteiger partial charge in [-0.15, -0.1) is 0 Å². The maximum Gasteiger partial charge on any atom is 0.233 e. The van der Waals surface area contributed by atoms with Crippen LogP contribution >= 0.6 is 0 Å². The Kier molecular flexibility index (Phi) is 5.17. The highest BCUT2D eigenvalue weighted by atomic mass is 16.5. The summed E-state index contributed by atoms with van der Waals surface area (Å²) in [7, 11) is 1.68. The molecule has 6 nitrogen and oxygen atoms in total. The lowest BCUT2D eigenvalue weighted by Crippen LogP contribution is -2.48. The summed E-state index contributed by atoms with van der Waals surface area (Å²) >= 11 is 0. The minimum absolute atomic E-state index is 0.0470. The van der Waals surface area contributed by atoms with Crippen molar-refractivity contribution in [2.75, 3.05) is 20.3 Å². The first-order valence-electron chi connectivity index (χ1n) is 6.69. The summed E-state index contributed by atoms with van der Waals surface area (Å²) in [6.07, 6.45) is 3.67. The van der Waals surface area contributed by atoms with Gasteiger partial charge in [-0.05, 0) is 38.0 Å². The number of nitrogens with one attached hydrogen (secondary N) is 1. The molecule has 0 aromatic rings. The second kappa shape index (κ2) is 6.23. The summed E-state index contributed by atoms with van der Waals surface area (Å²) in [6, 6.07) is 0. The lowest BCUT2D eigenvalue weighted by Gasteiger charge is -2.26. The Bertz CT molecular complexity index is 353. The maximum absolute atomic E-state index is 12.2. The third-order valence-corrected chi connectivity index (χ3v) is 4.30. The largest absolute Gasteiger partial charge is 0.409 e. The molecule has 0 aromatic heterocycles. The number of hydrogen-bond donors (Lipinski definition) is 3. The van der Waals surface area contributed by atoms with Crippen LogP contribution in [0.25, 0.3) is 0 Å². The van der Waals surface area contributed by atoms with Gasteiger partial charge in [0.15, 0.2) is 5.84 Å². The van der Waals surface area contributed by atoms with E-state index < -0.39 is 5.41 Å². The van der Waals surface area contributed by atoms with E-state index in [2.05, 4.69) is 10.5 Å². The predicted molar refractivity (Wildman–Crippen MR) is 73.0 cm³/mol. The van der Waals surface area contributed by atoms with Crippen molar-refractivity contribution in [3.63, 3.8) is 0 Å². The number of nitrogens with zero attached hydrogens (tertiary/aromatic N) is 1. The molecule has 19 heavy (non-hydrogen) atoms. The van der Waals surface area contributed by atoms with E-state index >= 15 is 0 Å². The zero-order valence-corrected chi connectivity index (χ0v) is 12.0. The quantitative estimate of drug-likeness (QED) is 0.266. The van der Waals surface area contributed by atoms with Gasteiger partial charge in [-0.3, -0.25) is 4.79 Å². The number of carbonyl (C=O) groups is 1. The molecule has 6 heteroatoms. The van der Waals surface area contributed by atoms with E-state index in [1.165, 1.54) is 0 Å². The van der Waals surface area contributed by atoms with Crippen LogP contribution in [0.4, 0.5) is 0 Å². The first kappa shape index (κ1) is 15.8. The van der Waals surface area contributed by atoms with Crippen LogP contribution in [0.1, 0.15) is 39.5 Å². The topological polar surface area (TPSA) is 96.9 Å². The minimum Gasteiger partial charge on any atom is -0.409 e. The van der Waals surface area contributed by atoms with Crippen LogP contribution in [-0.2, 0) is 9.53 Å². The molecule has 1 rings (SSSR count). The summed E-state index contributed by atoms with van der Waals surface area (Å²) in [5.74, 6) is -0.233. The molecule has 0 aliphatic heterocycles. The molecule has 0 saturated heterocycles. The Morgan fingerprint density at radius 1 is 1.58 bits per heavy atom. The molecule has 1 atom stereocenters. The van der Waals surface area contributed by atoms with Crippen molar-refractivity contribution in [3.8, 4) is 0 Å². The van der Waals surface area contributed by atoms with E-state index in [9.17, 15) is 4.79 Å². The molecule has 1 fully saturated rings. The summed E-state index contributed by atoms with van der Waals surface area (Å²) in [5.41, 5.74) is 4.85. The number of methoxy groups -OCH3 is 1. The molecule has 4 N–H and O–H groups in total. The molecular formula is C13H25N3O3. The van der Waals surface area contributed by atoms with E-state index in [1.54, 1.807) is 14.0 Å². The van der Waals surface area contributed by atoms with Crippen LogP contribution in [0.3, 0.4) is 0 Å². The SMILES string of the molecule is CCC(C)(C(=O)NCC1(CCOC)CC1)C(N)=NO. The third kappa shape index (κ3) is 3.59. The fourth-order valence-corrected chi connectivity index (χ4v) is 2.04. The molecule has 1 unspecified atom stereocenters. The molecule has 1 aliphatic carbocycles. The van der Waals surface area contributed by atoms with Crippen LogP contribution in [0, 0.1) is 10.8 Å². The Labute approximate surface area is 114 Å². The molecule has 1 saturated carbocycles. The molecule has 0 spiro atoms. The van der Waals surface area contributed by atoms with E-state index in [1.807, 2.05) is 6.92 Å². The fourth-order valence-electron chi connectivity index (χ4n) is 2.04. The van der Waals surface area contributed by atoms with Crippen LogP contribution in [0.5, 0.6) is 0 Å². The lowest BCUT2D eigenvalue weighted by atomic mass is 9.85.